The topological polar surface area (TPSA) is 44.8 Å². The SMILES string of the molecule is C#CCOc1cccc(C(=O)CCc2ccc(OC)c(OC)c2)c1. The van der Waals surface area contributed by atoms with E-state index in [-0.39, 0.29) is 12.4 Å². The predicted octanol–water partition coefficient (Wildman–Crippen LogP) is 3.53. The molecule has 0 amide bonds. The van der Waals surface area contributed by atoms with Gasteiger partial charge in [-0.3, -0.25) is 4.79 Å². The van der Waals surface area contributed by atoms with Gasteiger partial charge in [-0.2, -0.15) is 0 Å². The summed E-state index contributed by atoms with van der Waals surface area (Å²) in [5, 5.41) is 0. The summed E-state index contributed by atoms with van der Waals surface area (Å²) >= 11 is 0. The quantitative estimate of drug-likeness (QED) is 0.550. The molecule has 0 aromatic heterocycles. The molecule has 0 saturated heterocycles. The summed E-state index contributed by atoms with van der Waals surface area (Å²) < 4.78 is 15.8. The van der Waals surface area contributed by atoms with Gasteiger partial charge in [0.25, 0.3) is 0 Å². The minimum Gasteiger partial charge on any atom is -0.493 e. The Hall–Kier alpha value is -2.93. The van der Waals surface area contributed by atoms with Crippen molar-refractivity contribution in [1.29, 1.82) is 0 Å². The summed E-state index contributed by atoms with van der Waals surface area (Å²) in [7, 11) is 3.19. The molecule has 0 fully saturated rings. The number of ether oxygens (including phenoxy) is 3. The molecule has 0 atom stereocenters. The van der Waals surface area contributed by atoms with Crippen LogP contribution in [0.3, 0.4) is 0 Å². The Morgan fingerprint density at radius 3 is 2.58 bits per heavy atom. The smallest absolute Gasteiger partial charge is 0.163 e. The number of carbonyl (C=O) groups excluding carboxylic acids is 1. The van der Waals surface area contributed by atoms with Crippen LogP contribution in [-0.4, -0.2) is 26.6 Å². The molecule has 2 rings (SSSR count). The largest absolute Gasteiger partial charge is 0.493 e. The highest BCUT2D eigenvalue weighted by Gasteiger charge is 2.09. The van der Waals surface area contributed by atoms with E-state index < -0.39 is 0 Å². The van der Waals surface area contributed by atoms with Gasteiger partial charge in [0.1, 0.15) is 12.4 Å². The fourth-order valence-corrected chi connectivity index (χ4v) is 2.32. The Bertz CT molecular complexity index is 744. The van der Waals surface area contributed by atoms with E-state index in [9.17, 15) is 4.79 Å². The molecule has 0 saturated carbocycles. The summed E-state index contributed by atoms with van der Waals surface area (Å²) in [6.45, 7) is 0.184. The van der Waals surface area contributed by atoms with Crippen LogP contribution in [0, 0.1) is 12.3 Å². The minimum atomic E-state index is 0.0518. The first kappa shape index (κ1) is 17.4. The third kappa shape index (κ3) is 4.53. The second-order valence-corrected chi connectivity index (χ2v) is 5.13. The van der Waals surface area contributed by atoms with Gasteiger partial charge in [-0.15, -0.1) is 6.42 Å². The van der Waals surface area contributed by atoms with Gasteiger partial charge in [0, 0.05) is 12.0 Å². The van der Waals surface area contributed by atoms with Crippen molar-refractivity contribution in [1.82, 2.24) is 0 Å². The summed E-state index contributed by atoms with van der Waals surface area (Å²) in [5.41, 5.74) is 1.63. The number of aryl methyl sites for hydroxylation is 1. The van der Waals surface area contributed by atoms with Gasteiger partial charge in [-0.25, -0.2) is 0 Å². The monoisotopic (exact) mass is 324 g/mol. The van der Waals surface area contributed by atoms with Gasteiger partial charge in [-0.05, 0) is 36.2 Å². The zero-order valence-electron chi connectivity index (χ0n) is 13.9. The Kier molecular flexibility index (Phi) is 6.27. The molecule has 0 heterocycles. The molecule has 0 aliphatic heterocycles. The molecule has 0 radical (unpaired) electrons. The molecule has 0 N–H and O–H groups in total. The van der Waals surface area contributed by atoms with E-state index in [0.29, 0.717) is 35.7 Å². The predicted molar refractivity (Wildman–Crippen MR) is 93.0 cm³/mol. The second-order valence-electron chi connectivity index (χ2n) is 5.13. The maximum Gasteiger partial charge on any atom is 0.163 e. The molecule has 2 aromatic rings. The lowest BCUT2D eigenvalue weighted by Gasteiger charge is -2.09. The average molecular weight is 324 g/mol. The summed E-state index contributed by atoms with van der Waals surface area (Å²) in [4.78, 5) is 12.4. The molecular formula is C20H20O4. The van der Waals surface area contributed by atoms with Crippen molar-refractivity contribution >= 4 is 5.78 Å². The van der Waals surface area contributed by atoms with Crippen LogP contribution in [0.25, 0.3) is 0 Å². The number of hydrogen-bond acceptors (Lipinski definition) is 4. The van der Waals surface area contributed by atoms with E-state index in [0.717, 1.165) is 5.56 Å². The van der Waals surface area contributed by atoms with Crippen LogP contribution in [-0.2, 0) is 6.42 Å². The lowest BCUT2D eigenvalue weighted by atomic mass is 10.0. The summed E-state index contributed by atoms with van der Waals surface area (Å²) in [6.07, 6.45) is 6.19. The highest BCUT2D eigenvalue weighted by Crippen LogP contribution is 2.28. The standard InChI is InChI=1S/C20H20O4/c1-4-12-24-17-7-5-6-16(14-17)18(21)10-8-15-9-11-19(22-2)20(13-15)23-3/h1,5-7,9,11,13-14H,8,10,12H2,2-3H3. The fourth-order valence-electron chi connectivity index (χ4n) is 2.32. The van der Waals surface area contributed by atoms with Crippen molar-refractivity contribution in [2.75, 3.05) is 20.8 Å². The van der Waals surface area contributed by atoms with Gasteiger partial charge in [0.15, 0.2) is 17.3 Å². The molecule has 4 heteroatoms. The zero-order chi connectivity index (χ0) is 17.4. The van der Waals surface area contributed by atoms with E-state index in [4.69, 9.17) is 20.6 Å². The molecular weight excluding hydrogens is 304 g/mol. The number of carbonyl (C=O) groups is 1. The van der Waals surface area contributed by atoms with Crippen LogP contribution >= 0.6 is 0 Å². The van der Waals surface area contributed by atoms with Gasteiger partial charge in [0.2, 0.25) is 0 Å². The van der Waals surface area contributed by atoms with Crippen molar-refractivity contribution in [2.24, 2.45) is 0 Å². The van der Waals surface area contributed by atoms with E-state index in [1.54, 1.807) is 38.5 Å². The summed E-state index contributed by atoms with van der Waals surface area (Å²) in [6, 6.07) is 12.7. The van der Waals surface area contributed by atoms with Gasteiger partial charge in [0.05, 0.1) is 14.2 Å². The first-order valence-electron chi connectivity index (χ1n) is 7.58. The molecule has 24 heavy (non-hydrogen) atoms. The lowest BCUT2D eigenvalue weighted by molar-refractivity contribution is 0.0982. The molecule has 124 valence electrons. The average Bonchev–Trinajstić information content (AvgIpc) is 2.64. The van der Waals surface area contributed by atoms with Crippen LogP contribution in [0.15, 0.2) is 42.5 Å². The second kappa shape index (κ2) is 8.64. The van der Waals surface area contributed by atoms with Crippen LogP contribution in [0.4, 0.5) is 0 Å². The zero-order valence-corrected chi connectivity index (χ0v) is 13.9. The Balaban J connectivity index is 2.02. The molecule has 0 spiro atoms. The van der Waals surface area contributed by atoms with E-state index in [1.165, 1.54) is 0 Å². The van der Waals surface area contributed by atoms with E-state index in [2.05, 4.69) is 5.92 Å². The molecule has 0 aliphatic rings. The lowest BCUT2D eigenvalue weighted by Crippen LogP contribution is -2.03. The molecule has 4 nitrogen and oxygen atoms in total. The first-order valence-corrected chi connectivity index (χ1v) is 7.58. The third-order valence-electron chi connectivity index (χ3n) is 3.57. The normalized spacial score (nSPS) is 9.88. The number of methoxy groups -OCH3 is 2. The number of benzene rings is 2. The van der Waals surface area contributed by atoms with Crippen molar-refractivity contribution in [3.63, 3.8) is 0 Å². The number of Topliss-reactive ketones (excluding diaryl/α,β-unsaturated/α-hetero) is 1. The van der Waals surface area contributed by atoms with Gasteiger partial charge >= 0.3 is 0 Å². The third-order valence-corrected chi connectivity index (χ3v) is 3.57. The highest BCUT2D eigenvalue weighted by atomic mass is 16.5. The maximum atomic E-state index is 12.4. The molecule has 0 bridgehead atoms. The minimum absolute atomic E-state index is 0.0518. The van der Waals surface area contributed by atoms with Gasteiger partial charge in [-0.1, -0.05) is 24.1 Å². The number of rotatable bonds is 8. The van der Waals surface area contributed by atoms with Crippen LogP contribution in [0.2, 0.25) is 0 Å². The van der Waals surface area contributed by atoms with Crippen molar-refractivity contribution in [3.8, 4) is 29.6 Å². The van der Waals surface area contributed by atoms with Crippen LogP contribution < -0.4 is 14.2 Å². The van der Waals surface area contributed by atoms with E-state index in [1.807, 2.05) is 18.2 Å². The first-order chi connectivity index (χ1) is 11.7. The van der Waals surface area contributed by atoms with Crippen molar-refractivity contribution in [2.45, 2.75) is 12.8 Å². The number of hydrogen-bond donors (Lipinski definition) is 0. The number of ketones is 1. The van der Waals surface area contributed by atoms with E-state index >= 15 is 0 Å². The molecule has 0 aliphatic carbocycles. The Morgan fingerprint density at radius 1 is 1.08 bits per heavy atom. The summed E-state index contributed by atoms with van der Waals surface area (Å²) in [5.74, 6) is 4.39. The molecule has 2 aromatic carbocycles. The Labute approximate surface area is 142 Å². The maximum absolute atomic E-state index is 12.4. The van der Waals surface area contributed by atoms with Crippen LogP contribution in [0.5, 0.6) is 17.2 Å². The van der Waals surface area contributed by atoms with Gasteiger partial charge < -0.3 is 14.2 Å². The fraction of sp³-hybridized carbons (Fsp3) is 0.250. The Morgan fingerprint density at radius 2 is 1.88 bits per heavy atom. The van der Waals surface area contributed by atoms with Crippen molar-refractivity contribution in [3.05, 3.63) is 53.6 Å². The highest BCUT2D eigenvalue weighted by molar-refractivity contribution is 5.96. The number of terminal acetylenes is 1. The van der Waals surface area contributed by atoms with Crippen molar-refractivity contribution < 1.29 is 19.0 Å². The molecule has 0 unspecified atom stereocenters. The van der Waals surface area contributed by atoms with Crippen LogP contribution in [0.1, 0.15) is 22.3 Å².